The molecule has 0 fully saturated rings. The van der Waals surface area contributed by atoms with Crippen molar-refractivity contribution in [1.82, 2.24) is 0 Å². The normalized spacial score (nSPS) is 10.1. The monoisotopic (exact) mass is 212 g/mol. The first-order valence-electron chi connectivity index (χ1n) is 5.92. The largest absolute Gasteiger partial charge is 0.359 e. The van der Waals surface area contributed by atoms with Crippen molar-refractivity contribution in [1.29, 1.82) is 0 Å². The third-order valence-electron chi connectivity index (χ3n) is 2.31. The van der Waals surface area contributed by atoms with Gasteiger partial charge in [0.25, 0.3) is 0 Å². The molecule has 0 aliphatic carbocycles. The first-order chi connectivity index (χ1) is 7.41. The summed E-state index contributed by atoms with van der Waals surface area (Å²) in [5.41, 5.74) is 0. The van der Waals surface area contributed by atoms with Crippen molar-refractivity contribution in [3.8, 4) is 12.3 Å². The lowest BCUT2D eigenvalue weighted by Gasteiger charge is -2.02. The van der Waals surface area contributed by atoms with Crippen LogP contribution in [0.4, 0.5) is 0 Å². The first-order valence-corrected chi connectivity index (χ1v) is 5.92. The van der Waals surface area contributed by atoms with Gasteiger partial charge in [-0.05, 0) is 12.8 Å². The summed E-state index contributed by atoms with van der Waals surface area (Å²) in [5.74, 6) is 2.67. The molecule has 2 heteroatoms. The summed E-state index contributed by atoms with van der Waals surface area (Å²) in [6.45, 7) is 1.25. The van der Waals surface area contributed by atoms with E-state index in [1.807, 2.05) is 0 Å². The standard InChI is InChI=1S/C13H24O2/c1-3-4-5-6-7-8-9-10-11-12-15-13-14-2/h1H,4-13H2,2H3. The molecule has 0 N–H and O–H groups in total. The number of methoxy groups -OCH3 is 1. The molecule has 0 aromatic heterocycles. The minimum Gasteiger partial charge on any atom is -0.359 e. The van der Waals surface area contributed by atoms with Crippen molar-refractivity contribution >= 4 is 0 Å². The molecule has 0 spiro atoms. The maximum absolute atomic E-state index is 5.20. The number of rotatable bonds is 11. The van der Waals surface area contributed by atoms with Crippen LogP contribution in [-0.2, 0) is 9.47 Å². The van der Waals surface area contributed by atoms with E-state index in [0.29, 0.717) is 6.79 Å². The molecule has 2 nitrogen and oxygen atoms in total. The van der Waals surface area contributed by atoms with Crippen LogP contribution < -0.4 is 0 Å². The molecule has 15 heavy (non-hydrogen) atoms. The summed E-state index contributed by atoms with van der Waals surface area (Å²) < 4.78 is 9.98. The van der Waals surface area contributed by atoms with E-state index >= 15 is 0 Å². The van der Waals surface area contributed by atoms with Crippen LogP contribution in [0, 0.1) is 12.3 Å². The van der Waals surface area contributed by atoms with Crippen molar-refractivity contribution in [3.63, 3.8) is 0 Å². The highest BCUT2D eigenvalue weighted by Crippen LogP contribution is 2.08. The molecule has 0 amide bonds. The van der Waals surface area contributed by atoms with Crippen LogP contribution in [0.15, 0.2) is 0 Å². The molecule has 0 aliphatic heterocycles. The second kappa shape index (κ2) is 13.5. The van der Waals surface area contributed by atoms with Gasteiger partial charge in [-0.3, -0.25) is 0 Å². The van der Waals surface area contributed by atoms with Crippen LogP contribution >= 0.6 is 0 Å². The van der Waals surface area contributed by atoms with Gasteiger partial charge in [-0.25, -0.2) is 0 Å². The summed E-state index contributed by atoms with van der Waals surface area (Å²) in [6, 6.07) is 0. The Morgan fingerprint density at radius 1 is 0.933 bits per heavy atom. The average molecular weight is 212 g/mol. The molecule has 0 aromatic carbocycles. The van der Waals surface area contributed by atoms with E-state index in [1.165, 1.54) is 38.5 Å². The summed E-state index contributed by atoms with van der Waals surface area (Å²) in [5, 5.41) is 0. The fourth-order valence-electron chi connectivity index (χ4n) is 1.46. The predicted octanol–water partition coefficient (Wildman–Crippen LogP) is 3.36. The zero-order valence-corrected chi connectivity index (χ0v) is 9.96. The Morgan fingerprint density at radius 2 is 1.53 bits per heavy atom. The van der Waals surface area contributed by atoms with Crippen LogP contribution in [-0.4, -0.2) is 20.5 Å². The van der Waals surface area contributed by atoms with Crippen molar-refractivity contribution in [2.45, 2.75) is 51.4 Å². The molecule has 0 saturated heterocycles. The van der Waals surface area contributed by atoms with E-state index in [2.05, 4.69) is 5.92 Å². The molecule has 0 rings (SSSR count). The van der Waals surface area contributed by atoms with Crippen LogP contribution in [0.3, 0.4) is 0 Å². The molecule has 0 unspecified atom stereocenters. The third-order valence-corrected chi connectivity index (χ3v) is 2.31. The van der Waals surface area contributed by atoms with Gasteiger partial charge in [-0.1, -0.05) is 32.1 Å². The Balaban J connectivity index is 2.84. The number of hydrogen-bond donors (Lipinski definition) is 0. The highest BCUT2D eigenvalue weighted by atomic mass is 16.7. The lowest BCUT2D eigenvalue weighted by Crippen LogP contribution is -1.98. The van der Waals surface area contributed by atoms with E-state index in [9.17, 15) is 0 Å². The first kappa shape index (κ1) is 14.5. The topological polar surface area (TPSA) is 18.5 Å². The third kappa shape index (κ3) is 13.5. The van der Waals surface area contributed by atoms with Crippen LogP contribution in [0.5, 0.6) is 0 Å². The lowest BCUT2D eigenvalue weighted by molar-refractivity contribution is -0.0315. The molecule has 0 heterocycles. The van der Waals surface area contributed by atoms with E-state index in [4.69, 9.17) is 15.9 Å². The van der Waals surface area contributed by atoms with Gasteiger partial charge < -0.3 is 9.47 Å². The Hall–Kier alpha value is -0.520. The molecule has 0 aliphatic rings. The van der Waals surface area contributed by atoms with Gasteiger partial charge in [-0.2, -0.15) is 0 Å². The van der Waals surface area contributed by atoms with Gasteiger partial charge in [-0.15, -0.1) is 12.3 Å². The average Bonchev–Trinajstić information content (AvgIpc) is 2.26. The molecule has 0 bridgehead atoms. The van der Waals surface area contributed by atoms with Crippen molar-refractivity contribution in [2.75, 3.05) is 20.5 Å². The molecule has 0 saturated carbocycles. The Kier molecular flexibility index (Phi) is 13.0. The zero-order valence-electron chi connectivity index (χ0n) is 9.96. The molecule has 0 atom stereocenters. The molecular formula is C13H24O2. The van der Waals surface area contributed by atoms with Crippen LogP contribution in [0.2, 0.25) is 0 Å². The summed E-state index contributed by atoms with van der Waals surface area (Å²) >= 11 is 0. The lowest BCUT2D eigenvalue weighted by atomic mass is 10.1. The smallest absolute Gasteiger partial charge is 0.146 e. The Labute approximate surface area is 94.3 Å². The highest BCUT2D eigenvalue weighted by molar-refractivity contribution is 4.82. The second-order valence-corrected chi connectivity index (χ2v) is 3.74. The number of terminal acetylenes is 1. The minimum absolute atomic E-state index is 0.423. The van der Waals surface area contributed by atoms with Crippen LogP contribution in [0.25, 0.3) is 0 Å². The van der Waals surface area contributed by atoms with Gasteiger partial charge in [0.2, 0.25) is 0 Å². The van der Waals surface area contributed by atoms with E-state index in [-0.39, 0.29) is 0 Å². The number of ether oxygens (including phenoxy) is 2. The Morgan fingerprint density at radius 3 is 2.13 bits per heavy atom. The number of unbranched alkanes of at least 4 members (excludes halogenated alkanes) is 7. The summed E-state index contributed by atoms with van der Waals surface area (Å²) in [7, 11) is 1.65. The van der Waals surface area contributed by atoms with E-state index < -0.39 is 0 Å². The van der Waals surface area contributed by atoms with Gasteiger partial charge >= 0.3 is 0 Å². The minimum atomic E-state index is 0.423. The van der Waals surface area contributed by atoms with Crippen molar-refractivity contribution < 1.29 is 9.47 Å². The van der Waals surface area contributed by atoms with Gasteiger partial charge in [0, 0.05) is 20.1 Å². The highest BCUT2D eigenvalue weighted by Gasteiger charge is 1.91. The molecule has 88 valence electrons. The van der Waals surface area contributed by atoms with Crippen molar-refractivity contribution in [3.05, 3.63) is 0 Å². The fraction of sp³-hybridized carbons (Fsp3) is 0.846. The summed E-state index contributed by atoms with van der Waals surface area (Å²) in [6.07, 6.45) is 14.9. The van der Waals surface area contributed by atoms with Crippen LogP contribution in [0.1, 0.15) is 51.4 Å². The summed E-state index contributed by atoms with van der Waals surface area (Å²) in [4.78, 5) is 0. The Bertz CT molecular complexity index is 149. The number of hydrogen-bond acceptors (Lipinski definition) is 2. The van der Waals surface area contributed by atoms with E-state index in [1.54, 1.807) is 7.11 Å². The molecule has 0 radical (unpaired) electrons. The zero-order chi connectivity index (χ0) is 11.2. The van der Waals surface area contributed by atoms with Crippen molar-refractivity contribution in [2.24, 2.45) is 0 Å². The molecular weight excluding hydrogens is 188 g/mol. The fourth-order valence-corrected chi connectivity index (χ4v) is 1.46. The van der Waals surface area contributed by atoms with Gasteiger partial charge in [0.05, 0.1) is 0 Å². The van der Waals surface area contributed by atoms with Gasteiger partial charge in [0.1, 0.15) is 6.79 Å². The quantitative estimate of drug-likeness (QED) is 0.297. The van der Waals surface area contributed by atoms with Gasteiger partial charge in [0.15, 0.2) is 0 Å². The maximum atomic E-state index is 5.20. The SMILES string of the molecule is C#CCCCCCCCCCOCOC. The molecule has 0 aromatic rings. The predicted molar refractivity (Wildman–Crippen MR) is 63.6 cm³/mol. The second-order valence-electron chi connectivity index (χ2n) is 3.74. The maximum Gasteiger partial charge on any atom is 0.146 e. The van der Waals surface area contributed by atoms with E-state index in [0.717, 1.165) is 19.4 Å².